The molecule has 134 valence electrons. The first-order valence-corrected chi connectivity index (χ1v) is 8.69. The van der Waals surface area contributed by atoms with E-state index in [1.165, 1.54) is 0 Å². The molecule has 0 saturated carbocycles. The van der Waals surface area contributed by atoms with E-state index in [9.17, 15) is 4.79 Å². The molecule has 0 spiro atoms. The van der Waals surface area contributed by atoms with Crippen LogP contribution in [0.5, 0.6) is 5.75 Å². The highest BCUT2D eigenvalue weighted by atomic mass is 16.7. The molecule has 0 bridgehead atoms. The predicted molar refractivity (Wildman–Crippen MR) is 93.3 cm³/mol. The number of likely N-dealkylation sites (tertiary alicyclic amines) is 1. The number of hydrogen-bond donors (Lipinski definition) is 0. The fraction of sp³-hybridized carbons (Fsp3) is 0.632. The molecule has 0 unspecified atom stereocenters. The number of rotatable bonds is 5. The summed E-state index contributed by atoms with van der Waals surface area (Å²) in [5, 5.41) is 0. The second-order valence-corrected chi connectivity index (χ2v) is 6.78. The van der Waals surface area contributed by atoms with Gasteiger partial charge in [-0.2, -0.15) is 0 Å². The maximum atomic E-state index is 12.1. The van der Waals surface area contributed by atoms with Crippen molar-refractivity contribution in [1.82, 2.24) is 4.90 Å². The molecule has 1 saturated heterocycles. The summed E-state index contributed by atoms with van der Waals surface area (Å²) in [7, 11) is 2.09. The van der Waals surface area contributed by atoms with E-state index in [4.69, 9.17) is 14.2 Å². The van der Waals surface area contributed by atoms with Crippen molar-refractivity contribution in [1.29, 1.82) is 0 Å². The van der Waals surface area contributed by atoms with E-state index < -0.39 is 11.8 Å². The van der Waals surface area contributed by atoms with Gasteiger partial charge in [-0.1, -0.05) is 19.1 Å². The Kier molecular flexibility index (Phi) is 6.10. The van der Waals surface area contributed by atoms with Crippen molar-refractivity contribution >= 4 is 6.16 Å². The van der Waals surface area contributed by atoms with Crippen LogP contribution >= 0.6 is 0 Å². The molecule has 5 heteroatoms. The van der Waals surface area contributed by atoms with Gasteiger partial charge in [0.2, 0.25) is 0 Å². The summed E-state index contributed by atoms with van der Waals surface area (Å²) in [6.07, 6.45) is 0.218. The molecule has 2 atom stereocenters. The zero-order valence-electron chi connectivity index (χ0n) is 15.4. The summed E-state index contributed by atoms with van der Waals surface area (Å²) >= 11 is 0. The van der Waals surface area contributed by atoms with Crippen molar-refractivity contribution in [3.63, 3.8) is 0 Å². The van der Waals surface area contributed by atoms with E-state index in [-0.39, 0.29) is 12.0 Å². The van der Waals surface area contributed by atoms with Crippen molar-refractivity contribution in [2.75, 3.05) is 26.7 Å². The second kappa shape index (κ2) is 7.88. The Morgan fingerprint density at radius 1 is 1.42 bits per heavy atom. The molecule has 0 aliphatic carbocycles. The molecule has 1 aliphatic rings. The van der Waals surface area contributed by atoms with Gasteiger partial charge in [-0.05, 0) is 45.5 Å². The van der Waals surface area contributed by atoms with Crippen molar-refractivity contribution < 1.29 is 19.0 Å². The van der Waals surface area contributed by atoms with Gasteiger partial charge in [-0.25, -0.2) is 4.79 Å². The number of piperidine rings is 1. The average Bonchev–Trinajstić information content (AvgIpc) is 2.50. The maximum Gasteiger partial charge on any atom is 0.509 e. The van der Waals surface area contributed by atoms with E-state index in [1.807, 2.05) is 38.1 Å². The fourth-order valence-corrected chi connectivity index (χ4v) is 3.35. The Balaban J connectivity index is 2.37. The van der Waals surface area contributed by atoms with Gasteiger partial charge in [0, 0.05) is 25.4 Å². The molecule has 0 N–H and O–H groups in total. The van der Waals surface area contributed by atoms with Gasteiger partial charge in [0.15, 0.2) is 0 Å². The van der Waals surface area contributed by atoms with E-state index in [0.717, 1.165) is 30.8 Å². The third-order valence-corrected chi connectivity index (χ3v) is 4.47. The molecule has 1 fully saturated rings. The van der Waals surface area contributed by atoms with Crippen LogP contribution in [-0.2, 0) is 15.1 Å². The molecule has 1 aromatic carbocycles. The summed E-state index contributed by atoms with van der Waals surface area (Å²) < 4.78 is 16.8. The molecule has 0 amide bonds. The zero-order valence-corrected chi connectivity index (χ0v) is 15.4. The van der Waals surface area contributed by atoms with Gasteiger partial charge < -0.3 is 19.1 Å². The minimum Gasteiger partial charge on any atom is -0.491 e. The van der Waals surface area contributed by atoms with Crippen LogP contribution in [0.3, 0.4) is 0 Å². The number of hydrogen-bond acceptors (Lipinski definition) is 5. The molecule has 24 heavy (non-hydrogen) atoms. The smallest absolute Gasteiger partial charge is 0.491 e. The maximum absolute atomic E-state index is 12.1. The lowest BCUT2D eigenvalue weighted by Gasteiger charge is -2.44. The Labute approximate surface area is 144 Å². The molecule has 1 heterocycles. The topological polar surface area (TPSA) is 48.0 Å². The molecule has 5 nitrogen and oxygen atoms in total. The quantitative estimate of drug-likeness (QED) is 0.766. The predicted octanol–water partition coefficient (Wildman–Crippen LogP) is 3.81. The molecule has 0 radical (unpaired) electrons. The van der Waals surface area contributed by atoms with Crippen LogP contribution in [0.15, 0.2) is 24.3 Å². The first-order valence-electron chi connectivity index (χ1n) is 8.69. The van der Waals surface area contributed by atoms with Gasteiger partial charge in [0.1, 0.15) is 11.4 Å². The summed E-state index contributed by atoms with van der Waals surface area (Å²) in [6.45, 7) is 9.91. The van der Waals surface area contributed by atoms with Crippen LogP contribution in [0.1, 0.15) is 39.7 Å². The Hall–Kier alpha value is -1.75. The van der Waals surface area contributed by atoms with Crippen molar-refractivity contribution in [2.24, 2.45) is 5.92 Å². The van der Waals surface area contributed by atoms with Gasteiger partial charge in [0.05, 0.1) is 12.7 Å². The molecule has 2 rings (SSSR count). The Morgan fingerprint density at radius 2 is 2.17 bits per heavy atom. The van der Waals surface area contributed by atoms with Crippen LogP contribution in [0.4, 0.5) is 4.79 Å². The van der Waals surface area contributed by atoms with Gasteiger partial charge >= 0.3 is 6.16 Å². The average molecular weight is 335 g/mol. The van der Waals surface area contributed by atoms with Crippen molar-refractivity contribution in [2.45, 2.75) is 45.8 Å². The molecular weight excluding hydrogens is 306 g/mol. The normalized spacial score (nSPS) is 24.7. The molecule has 1 aliphatic heterocycles. The lowest BCUT2D eigenvalue weighted by Crippen LogP contribution is -2.50. The SMILES string of the molecule is CCOC(=O)O[C@@]1(c2cccc(OC(C)C)c2)CCN(C)C[C@H]1C. The highest BCUT2D eigenvalue weighted by molar-refractivity contribution is 5.61. The number of carbonyl (C=O) groups excluding carboxylic acids is 1. The van der Waals surface area contributed by atoms with E-state index >= 15 is 0 Å². The van der Waals surface area contributed by atoms with Crippen molar-refractivity contribution in [3.05, 3.63) is 29.8 Å². The summed E-state index contributed by atoms with van der Waals surface area (Å²) in [5.74, 6) is 0.940. The third kappa shape index (κ3) is 4.20. The van der Waals surface area contributed by atoms with E-state index in [1.54, 1.807) is 6.92 Å². The van der Waals surface area contributed by atoms with Gasteiger partial charge in [-0.15, -0.1) is 0 Å². The first-order chi connectivity index (χ1) is 11.4. The van der Waals surface area contributed by atoms with E-state index in [2.05, 4.69) is 18.9 Å². The van der Waals surface area contributed by atoms with Crippen LogP contribution in [-0.4, -0.2) is 43.9 Å². The van der Waals surface area contributed by atoms with Crippen molar-refractivity contribution in [3.8, 4) is 5.75 Å². The number of benzene rings is 1. The second-order valence-electron chi connectivity index (χ2n) is 6.78. The minimum atomic E-state index is -0.685. The molecule has 1 aromatic rings. The Bertz CT molecular complexity index is 560. The number of nitrogens with zero attached hydrogens (tertiary/aromatic N) is 1. The summed E-state index contributed by atoms with van der Waals surface area (Å²) in [6, 6.07) is 7.88. The molecular formula is C19H29NO4. The standard InChI is InChI=1S/C19H29NO4/c1-6-22-18(21)24-19(10-11-20(5)13-15(19)4)16-8-7-9-17(12-16)23-14(2)3/h7-9,12,14-15H,6,10-11,13H2,1-5H3/t15-,19+/m1/s1. The van der Waals surface area contributed by atoms with Crippen LogP contribution in [0.25, 0.3) is 0 Å². The number of carbonyl (C=O) groups is 1. The first kappa shape index (κ1) is 18.6. The van der Waals surface area contributed by atoms with Crippen LogP contribution in [0.2, 0.25) is 0 Å². The minimum absolute atomic E-state index is 0.0945. The summed E-state index contributed by atoms with van der Waals surface area (Å²) in [4.78, 5) is 14.3. The highest BCUT2D eigenvalue weighted by Gasteiger charge is 2.45. The third-order valence-electron chi connectivity index (χ3n) is 4.47. The monoisotopic (exact) mass is 335 g/mol. The van der Waals surface area contributed by atoms with Crippen LogP contribution < -0.4 is 4.74 Å². The zero-order chi connectivity index (χ0) is 17.7. The highest BCUT2D eigenvalue weighted by Crippen LogP contribution is 2.42. The summed E-state index contributed by atoms with van der Waals surface area (Å²) in [5.41, 5.74) is 0.282. The lowest BCUT2D eigenvalue weighted by atomic mass is 9.76. The van der Waals surface area contributed by atoms with Gasteiger partial charge in [0.25, 0.3) is 0 Å². The van der Waals surface area contributed by atoms with Crippen LogP contribution in [0, 0.1) is 5.92 Å². The largest absolute Gasteiger partial charge is 0.509 e. The molecule has 0 aromatic heterocycles. The lowest BCUT2D eigenvalue weighted by molar-refractivity contribution is -0.0997. The fourth-order valence-electron chi connectivity index (χ4n) is 3.35. The number of ether oxygens (including phenoxy) is 3. The Morgan fingerprint density at radius 3 is 2.79 bits per heavy atom. The van der Waals surface area contributed by atoms with E-state index in [0.29, 0.717) is 6.61 Å². The van der Waals surface area contributed by atoms with Gasteiger partial charge in [-0.3, -0.25) is 0 Å².